The standard InChI is InChI=1S/C13H27NO2/c1-3-6-13(15-4-2)12(14)9-8-11-7-5-10-16-11/h11-13H,3-10,14H2,1-2H3. The molecule has 3 unspecified atom stereocenters. The maximum absolute atomic E-state index is 6.19. The minimum absolute atomic E-state index is 0.170. The van der Waals surface area contributed by atoms with E-state index in [1.165, 1.54) is 12.8 Å². The van der Waals surface area contributed by atoms with E-state index in [1.807, 2.05) is 6.92 Å². The zero-order chi connectivity index (χ0) is 11.8. The Labute approximate surface area is 99.7 Å². The lowest BCUT2D eigenvalue weighted by Gasteiger charge is -2.24. The fraction of sp³-hybridized carbons (Fsp3) is 1.00. The van der Waals surface area contributed by atoms with Crippen LogP contribution >= 0.6 is 0 Å². The third kappa shape index (κ3) is 4.81. The molecule has 96 valence electrons. The molecule has 0 aromatic heterocycles. The molecule has 0 bridgehead atoms. The van der Waals surface area contributed by atoms with Crippen molar-refractivity contribution in [2.24, 2.45) is 5.73 Å². The van der Waals surface area contributed by atoms with E-state index in [0.717, 1.165) is 38.9 Å². The van der Waals surface area contributed by atoms with Crippen LogP contribution in [0.3, 0.4) is 0 Å². The van der Waals surface area contributed by atoms with Crippen LogP contribution < -0.4 is 5.73 Å². The number of hydrogen-bond donors (Lipinski definition) is 1. The second kappa shape index (κ2) is 8.04. The summed E-state index contributed by atoms with van der Waals surface area (Å²) in [5, 5.41) is 0. The van der Waals surface area contributed by atoms with Gasteiger partial charge in [0.15, 0.2) is 0 Å². The van der Waals surface area contributed by atoms with Crippen molar-refractivity contribution in [3.63, 3.8) is 0 Å². The molecule has 1 heterocycles. The van der Waals surface area contributed by atoms with Crippen molar-refractivity contribution in [1.29, 1.82) is 0 Å². The van der Waals surface area contributed by atoms with Gasteiger partial charge in [0, 0.05) is 19.3 Å². The fourth-order valence-corrected chi connectivity index (χ4v) is 2.36. The molecule has 0 aliphatic carbocycles. The quantitative estimate of drug-likeness (QED) is 0.695. The third-order valence-electron chi connectivity index (χ3n) is 3.28. The molecule has 16 heavy (non-hydrogen) atoms. The van der Waals surface area contributed by atoms with Crippen molar-refractivity contribution >= 4 is 0 Å². The van der Waals surface area contributed by atoms with Crippen LogP contribution in [0.5, 0.6) is 0 Å². The van der Waals surface area contributed by atoms with Gasteiger partial charge in [0.2, 0.25) is 0 Å². The number of rotatable bonds is 8. The van der Waals surface area contributed by atoms with Gasteiger partial charge in [0.05, 0.1) is 12.2 Å². The van der Waals surface area contributed by atoms with Crippen molar-refractivity contribution in [1.82, 2.24) is 0 Å². The maximum Gasteiger partial charge on any atom is 0.0725 e. The van der Waals surface area contributed by atoms with Gasteiger partial charge in [0.25, 0.3) is 0 Å². The largest absolute Gasteiger partial charge is 0.378 e. The average Bonchev–Trinajstić information content (AvgIpc) is 2.78. The summed E-state index contributed by atoms with van der Waals surface area (Å²) < 4.78 is 11.3. The number of nitrogens with two attached hydrogens (primary N) is 1. The summed E-state index contributed by atoms with van der Waals surface area (Å²) in [4.78, 5) is 0. The van der Waals surface area contributed by atoms with E-state index < -0.39 is 0 Å². The molecule has 0 radical (unpaired) electrons. The molecule has 0 saturated carbocycles. The van der Waals surface area contributed by atoms with E-state index in [9.17, 15) is 0 Å². The summed E-state index contributed by atoms with van der Waals surface area (Å²) >= 11 is 0. The van der Waals surface area contributed by atoms with Crippen molar-refractivity contribution in [3.8, 4) is 0 Å². The molecule has 1 fully saturated rings. The second-order valence-electron chi connectivity index (χ2n) is 4.66. The van der Waals surface area contributed by atoms with Gasteiger partial charge in [-0.05, 0) is 39.0 Å². The molecular formula is C13H27NO2. The van der Waals surface area contributed by atoms with Crippen LogP contribution in [-0.4, -0.2) is 31.5 Å². The lowest BCUT2D eigenvalue weighted by molar-refractivity contribution is 0.0296. The Morgan fingerprint density at radius 1 is 1.38 bits per heavy atom. The predicted octanol–water partition coefficient (Wildman–Crippen LogP) is 2.48. The Kier molecular flexibility index (Phi) is 7.01. The van der Waals surface area contributed by atoms with Gasteiger partial charge in [-0.25, -0.2) is 0 Å². The fourth-order valence-electron chi connectivity index (χ4n) is 2.36. The smallest absolute Gasteiger partial charge is 0.0725 e. The van der Waals surface area contributed by atoms with Gasteiger partial charge >= 0.3 is 0 Å². The van der Waals surface area contributed by atoms with E-state index in [4.69, 9.17) is 15.2 Å². The van der Waals surface area contributed by atoms with Gasteiger partial charge in [-0.3, -0.25) is 0 Å². The van der Waals surface area contributed by atoms with Crippen molar-refractivity contribution in [3.05, 3.63) is 0 Å². The monoisotopic (exact) mass is 229 g/mol. The minimum Gasteiger partial charge on any atom is -0.378 e. The van der Waals surface area contributed by atoms with Crippen LogP contribution in [0.4, 0.5) is 0 Å². The highest BCUT2D eigenvalue weighted by molar-refractivity contribution is 4.76. The summed E-state index contributed by atoms with van der Waals surface area (Å²) in [6.45, 7) is 5.91. The first-order valence-electron chi connectivity index (χ1n) is 6.76. The molecule has 1 saturated heterocycles. The SMILES string of the molecule is CCCC(OCC)C(N)CCC1CCCO1. The van der Waals surface area contributed by atoms with Gasteiger partial charge in [-0.2, -0.15) is 0 Å². The van der Waals surface area contributed by atoms with E-state index in [0.29, 0.717) is 6.10 Å². The summed E-state index contributed by atoms with van der Waals surface area (Å²) in [7, 11) is 0. The van der Waals surface area contributed by atoms with Crippen molar-refractivity contribution in [2.75, 3.05) is 13.2 Å². The van der Waals surface area contributed by atoms with Gasteiger partial charge < -0.3 is 15.2 Å². The minimum atomic E-state index is 0.170. The van der Waals surface area contributed by atoms with Gasteiger partial charge in [0.1, 0.15) is 0 Å². The first-order valence-corrected chi connectivity index (χ1v) is 6.76. The molecule has 1 aliphatic rings. The van der Waals surface area contributed by atoms with Crippen LogP contribution in [0, 0.1) is 0 Å². The highest BCUT2D eigenvalue weighted by atomic mass is 16.5. The molecular weight excluding hydrogens is 202 g/mol. The number of hydrogen-bond acceptors (Lipinski definition) is 3. The lowest BCUT2D eigenvalue weighted by Crippen LogP contribution is -2.37. The Bertz CT molecular complexity index is 163. The number of ether oxygens (including phenoxy) is 2. The predicted molar refractivity (Wildman–Crippen MR) is 66.5 cm³/mol. The molecule has 1 rings (SSSR count). The third-order valence-corrected chi connectivity index (χ3v) is 3.28. The summed E-state index contributed by atoms with van der Waals surface area (Å²) in [5.41, 5.74) is 6.19. The Morgan fingerprint density at radius 3 is 2.75 bits per heavy atom. The van der Waals surface area contributed by atoms with Crippen LogP contribution in [-0.2, 0) is 9.47 Å². The van der Waals surface area contributed by atoms with Crippen molar-refractivity contribution < 1.29 is 9.47 Å². The molecule has 0 aromatic carbocycles. The highest BCUT2D eigenvalue weighted by Crippen LogP contribution is 2.19. The average molecular weight is 229 g/mol. The van der Waals surface area contributed by atoms with Crippen LogP contribution in [0.1, 0.15) is 52.4 Å². The highest BCUT2D eigenvalue weighted by Gasteiger charge is 2.21. The molecule has 0 aromatic rings. The van der Waals surface area contributed by atoms with Crippen molar-refractivity contribution in [2.45, 2.75) is 70.6 Å². The van der Waals surface area contributed by atoms with Gasteiger partial charge in [-0.1, -0.05) is 13.3 Å². The van der Waals surface area contributed by atoms with E-state index >= 15 is 0 Å². The Hall–Kier alpha value is -0.120. The van der Waals surface area contributed by atoms with Crippen LogP contribution in [0.25, 0.3) is 0 Å². The molecule has 1 aliphatic heterocycles. The van der Waals surface area contributed by atoms with E-state index in [1.54, 1.807) is 0 Å². The van der Waals surface area contributed by atoms with E-state index in [-0.39, 0.29) is 12.1 Å². The van der Waals surface area contributed by atoms with Gasteiger partial charge in [-0.15, -0.1) is 0 Å². The van der Waals surface area contributed by atoms with Crippen LogP contribution in [0.2, 0.25) is 0 Å². The zero-order valence-corrected chi connectivity index (χ0v) is 10.8. The topological polar surface area (TPSA) is 44.5 Å². The first kappa shape index (κ1) is 13.9. The summed E-state index contributed by atoms with van der Waals surface area (Å²) in [6.07, 6.45) is 7.43. The molecule has 0 amide bonds. The Balaban J connectivity index is 2.21. The van der Waals surface area contributed by atoms with Crippen LogP contribution in [0.15, 0.2) is 0 Å². The zero-order valence-electron chi connectivity index (χ0n) is 10.8. The molecule has 3 heteroatoms. The van der Waals surface area contributed by atoms with E-state index in [2.05, 4.69) is 6.92 Å². The first-order chi connectivity index (χ1) is 7.77. The summed E-state index contributed by atoms with van der Waals surface area (Å²) in [5.74, 6) is 0. The lowest BCUT2D eigenvalue weighted by atomic mass is 9.99. The maximum atomic E-state index is 6.19. The normalized spacial score (nSPS) is 24.6. The summed E-state index contributed by atoms with van der Waals surface area (Å²) in [6, 6.07) is 0.170. The molecule has 2 N–H and O–H groups in total. The molecule has 0 spiro atoms. The molecule has 3 nitrogen and oxygen atoms in total. The second-order valence-corrected chi connectivity index (χ2v) is 4.66. The molecule has 3 atom stereocenters. The Morgan fingerprint density at radius 2 is 2.19 bits per heavy atom.